The molecule has 2 aromatic carbocycles. The van der Waals surface area contributed by atoms with Gasteiger partial charge in [-0.05, 0) is 42.0 Å². The van der Waals surface area contributed by atoms with E-state index in [-0.39, 0.29) is 41.4 Å². The first-order valence-electron chi connectivity index (χ1n) is 9.62. The van der Waals surface area contributed by atoms with Gasteiger partial charge in [-0.1, -0.05) is 48.6 Å². The first kappa shape index (κ1) is 16.9. The van der Waals surface area contributed by atoms with E-state index in [1.54, 1.807) is 24.3 Å². The molecular weight excluding hydrogens is 352 g/mol. The number of nitrogens with one attached hydrogen (secondary N) is 1. The first-order chi connectivity index (χ1) is 13.6. The molecule has 4 atom stereocenters. The van der Waals surface area contributed by atoms with E-state index >= 15 is 0 Å². The monoisotopic (exact) mass is 372 g/mol. The van der Waals surface area contributed by atoms with Crippen molar-refractivity contribution in [2.45, 2.75) is 13.0 Å². The van der Waals surface area contributed by atoms with E-state index in [4.69, 9.17) is 0 Å². The highest BCUT2D eigenvalue weighted by atomic mass is 16.2. The van der Waals surface area contributed by atoms with Gasteiger partial charge in [-0.25, -0.2) is 4.90 Å². The maximum absolute atomic E-state index is 13.0. The van der Waals surface area contributed by atoms with Crippen LogP contribution in [0.1, 0.15) is 22.3 Å². The van der Waals surface area contributed by atoms with Crippen LogP contribution < -0.4 is 10.2 Å². The van der Waals surface area contributed by atoms with Crippen LogP contribution in [0.25, 0.3) is 0 Å². The van der Waals surface area contributed by atoms with Crippen molar-refractivity contribution in [3.05, 3.63) is 77.9 Å². The van der Waals surface area contributed by atoms with Crippen LogP contribution in [-0.4, -0.2) is 17.7 Å². The summed E-state index contributed by atoms with van der Waals surface area (Å²) >= 11 is 0. The van der Waals surface area contributed by atoms with Gasteiger partial charge in [0.15, 0.2) is 0 Å². The van der Waals surface area contributed by atoms with Crippen molar-refractivity contribution in [2.75, 3.05) is 4.90 Å². The van der Waals surface area contributed by atoms with Gasteiger partial charge in [0.25, 0.3) is 5.91 Å². The number of amides is 3. The zero-order chi connectivity index (χ0) is 19.3. The number of rotatable bonds is 4. The Kier molecular flexibility index (Phi) is 3.90. The molecule has 1 saturated heterocycles. The van der Waals surface area contributed by atoms with Gasteiger partial charge in [-0.3, -0.25) is 14.4 Å². The summed E-state index contributed by atoms with van der Waals surface area (Å²) in [6, 6.07) is 16.4. The minimum absolute atomic E-state index is 0.131. The Hall–Kier alpha value is -3.21. The third-order valence-corrected chi connectivity index (χ3v) is 6.13. The second kappa shape index (κ2) is 6.44. The summed E-state index contributed by atoms with van der Waals surface area (Å²) in [6.45, 7) is 0.421. The van der Waals surface area contributed by atoms with Crippen LogP contribution in [0.2, 0.25) is 0 Å². The summed E-state index contributed by atoms with van der Waals surface area (Å²) in [5, 5.41) is 2.88. The number of imide groups is 1. The van der Waals surface area contributed by atoms with Gasteiger partial charge in [0.2, 0.25) is 11.8 Å². The molecule has 5 heteroatoms. The maximum Gasteiger partial charge on any atom is 0.251 e. The zero-order valence-corrected chi connectivity index (χ0v) is 15.2. The smallest absolute Gasteiger partial charge is 0.251 e. The Balaban J connectivity index is 1.35. The standard InChI is InChI=1S/C23H20N2O3/c26-21(24-13-14-5-2-1-3-6-14)17-7-4-8-18(12-17)25-22(27)19-15-9-10-16(11-15)20(19)23(25)28/h1-10,12,15-16,19-20H,11,13H2,(H,24,26)/t15-,16-,19-,20-/m0/s1. The molecule has 1 saturated carbocycles. The van der Waals surface area contributed by atoms with Crippen molar-refractivity contribution < 1.29 is 14.4 Å². The van der Waals surface area contributed by atoms with Gasteiger partial charge in [0, 0.05) is 12.1 Å². The van der Waals surface area contributed by atoms with Crippen LogP contribution in [0.4, 0.5) is 5.69 Å². The van der Waals surface area contributed by atoms with Crippen molar-refractivity contribution in [3.63, 3.8) is 0 Å². The average molecular weight is 372 g/mol. The van der Waals surface area contributed by atoms with E-state index < -0.39 is 0 Å². The van der Waals surface area contributed by atoms with Crippen molar-refractivity contribution >= 4 is 23.4 Å². The van der Waals surface area contributed by atoms with E-state index in [9.17, 15) is 14.4 Å². The second-order valence-electron chi connectivity index (χ2n) is 7.73. The molecule has 2 aliphatic carbocycles. The largest absolute Gasteiger partial charge is 0.348 e. The van der Waals surface area contributed by atoms with Crippen molar-refractivity contribution in [1.82, 2.24) is 5.32 Å². The number of allylic oxidation sites excluding steroid dienone is 2. The Morgan fingerprint density at radius 2 is 1.61 bits per heavy atom. The van der Waals surface area contributed by atoms with Crippen LogP contribution in [0.15, 0.2) is 66.7 Å². The highest BCUT2D eigenvalue weighted by molar-refractivity contribution is 6.23. The zero-order valence-electron chi connectivity index (χ0n) is 15.2. The molecule has 5 nitrogen and oxygen atoms in total. The van der Waals surface area contributed by atoms with E-state index in [1.165, 1.54) is 4.90 Å². The third kappa shape index (κ3) is 2.58. The van der Waals surface area contributed by atoms with E-state index in [0.29, 0.717) is 17.8 Å². The van der Waals surface area contributed by atoms with Gasteiger partial charge < -0.3 is 5.32 Å². The summed E-state index contributed by atoms with van der Waals surface area (Å²) in [7, 11) is 0. The summed E-state index contributed by atoms with van der Waals surface area (Å²) < 4.78 is 0. The fraction of sp³-hybridized carbons (Fsp3) is 0.261. The lowest BCUT2D eigenvalue weighted by Gasteiger charge is -2.18. The maximum atomic E-state index is 13.0. The van der Waals surface area contributed by atoms with Crippen LogP contribution >= 0.6 is 0 Å². The molecule has 5 rings (SSSR count). The predicted molar refractivity (Wildman–Crippen MR) is 104 cm³/mol. The highest BCUT2D eigenvalue weighted by Gasteiger charge is 2.59. The number of hydrogen-bond acceptors (Lipinski definition) is 3. The highest BCUT2D eigenvalue weighted by Crippen LogP contribution is 2.53. The molecule has 3 amide bonds. The molecule has 140 valence electrons. The average Bonchev–Trinajstić information content (AvgIpc) is 3.41. The number of nitrogens with zero attached hydrogens (tertiary/aromatic N) is 1. The van der Waals surface area contributed by atoms with Crippen LogP contribution in [0, 0.1) is 23.7 Å². The summed E-state index contributed by atoms with van der Waals surface area (Å²) in [5.41, 5.74) is 1.93. The molecule has 3 aliphatic rings. The molecule has 2 fully saturated rings. The third-order valence-electron chi connectivity index (χ3n) is 6.13. The van der Waals surface area contributed by atoms with Gasteiger partial charge >= 0.3 is 0 Å². The van der Waals surface area contributed by atoms with E-state index in [0.717, 1.165) is 12.0 Å². The predicted octanol–water partition coefficient (Wildman–Crippen LogP) is 2.93. The minimum Gasteiger partial charge on any atom is -0.348 e. The number of fused-ring (bicyclic) bond motifs is 5. The van der Waals surface area contributed by atoms with Crippen molar-refractivity contribution in [3.8, 4) is 0 Å². The molecule has 28 heavy (non-hydrogen) atoms. The topological polar surface area (TPSA) is 66.5 Å². The summed E-state index contributed by atoms with van der Waals surface area (Å²) in [5.74, 6) is -0.618. The van der Waals surface area contributed by atoms with Gasteiger partial charge in [0.05, 0.1) is 17.5 Å². The summed E-state index contributed by atoms with van der Waals surface area (Å²) in [6.07, 6.45) is 5.06. The van der Waals surface area contributed by atoms with Gasteiger partial charge in [-0.15, -0.1) is 0 Å². The molecule has 0 radical (unpaired) electrons. The van der Waals surface area contributed by atoms with Crippen LogP contribution in [0.5, 0.6) is 0 Å². The Bertz CT molecular complexity index is 968. The SMILES string of the molecule is O=C(NCc1ccccc1)c1cccc(N2C(=O)[C@@H]3[C@@H](C2=O)[C@H]2C=C[C@H]3C2)c1. The Morgan fingerprint density at radius 3 is 2.29 bits per heavy atom. The minimum atomic E-state index is -0.238. The van der Waals surface area contributed by atoms with Crippen molar-refractivity contribution in [1.29, 1.82) is 0 Å². The molecule has 0 unspecified atom stereocenters. The molecule has 1 heterocycles. The fourth-order valence-corrected chi connectivity index (χ4v) is 4.82. The second-order valence-corrected chi connectivity index (χ2v) is 7.73. The first-order valence-corrected chi connectivity index (χ1v) is 9.62. The number of hydrogen-bond donors (Lipinski definition) is 1. The lowest BCUT2D eigenvalue weighted by atomic mass is 9.85. The van der Waals surface area contributed by atoms with Gasteiger partial charge in [-0.2, -0.15) is 0 Å². The normalized spacial score (nSPS) is 27.4. The number of anilines is 1. The van der Waals surface area contributed by atoms with E-state index in [2.05, 4.69) is 17.5 Å². The Morgan fingerprint density at radius 1 is 0.929 bits per heavy atom. The lowest BCUT2D eigenvalue weighted by molar-refractivity contribution is -0.123. The van der Waals surface area contributed by atoms with Crippen molar-refractivity contribution in [2.24, 2.45) is 23.7 Å². The molecular formula is C23H20N2O3. The summed E-state index contributed by atoms with van der Waals surface area (Å²) in [4.78, 5) is 39.7. The quantitative estimate of drug-likeness (QED) is 0.663. The molecule has 0 aromatic heterocycles. The van der Waals surface area contributed by atoms with Crippen LogP contribution in [0.3, 0.4) is 0 Å². The Labute approximate surface area is 163 Å². The van der Waals surface area contributed by atoms with E-state index in [1.807, 2.05) is 30.3 Å². The lowest BCUT2D eigenvalue weighted by Crippen LogP contribution is -2.33. The number of benzene rings is 2. The fourth-order valence-electron chi connectivity index (χ4n) is 4.82. The number of carbonyl (C=O) groups is 3. The number of carbonyl (C=O) groups excluding carboxylic acids is 3. The van der Waals surface area contributed by atoms with Gasteiger partial charge in [0.1, 0.15) is 0 Å². The molecule has 2 aromatic rings. The molecule has 1 N–H and O–H groups in total. The molecule has 0 spiro atoms. The molecule has 1 aliphatic heterocycles. The molecule has 2 bridgehead atoms. The van der Waals surface area contributed by atoms with Crippen LogP contribution in [-0.2, 0) is 16.1 Å².